The predicted molar refractivity (Wildman–Crippen MR) is 83.9 cm³/mol. The highest BCUT2D eigenvalue weighted by Gasteiger charge is 2.04. The number of aryl methyl sites for hydroxylation is 2. The van der Waals surface area contributed by atoms with Gasteiger partial charge >= 0.3 is 0 Å². The van der Waals surface area contributed by atoms with Crippen molar-refractivity contribution in [3.63, 3.8) is 0 Å². The van der Waals surface area contributed by atoms with Crippen LogP contribution in [0.4, 0.5) is 5.69 Å². The Morgan fingerprint density at radius 1 is 0.947 bits per heavy atom. The maximum absolute atomic E-state index is 3.51. The van der Waals surface area contributed by atoms with E-state index in [-0.39, 0.29) is 0 Å². The summed E-state index contributed by atoms with van der Waals surface area (Å²) in [6.07, 6.45) is 1.15. The minimum atomic E-state index is 0.597. The van der Waals surface area contributed by atoms with Gasteiger partial charge in [-0.3, -0.25) is 0 Å². The molecule has 0 saturated carbocycles. The molecule has 19 heavy (non-hydrogen) atoms. The summed E-state index contributed by atoms with van der Waals surface area (Å²) in [6.45, 7) is 7.61. The van der Waals surface area contributed by atoms with E-state index in [1.165, 1.54) is 22.4 Å². The summed E-state index contributed by atoms with van der Waals surface area (Å²) in [5.74, 6) is 0.597. The third-order valence-corrected chi connectivity index (χ3v) is 3.78. The maximum Gasteiger partial charge on any atom is 0.0343 e. The SMILES string of the molecule is Cc1ccc(NCCC(C)c2ccccc2)cc1C. The van der Waals surface area contributed by atoms with E-state index < -0.39 is 0 Å². The van der Waals surface area contributed by atoms with E-state index in [9.17, 15) is 0 Å². The van der Waals surface area contributed by atoms with Crippen molar-refractivity contribution in [2.24, 2.45) is 0 Å². The Morgan fingerprint density at radius 2 is 1.68 bits per heavy atom. The highest BCUT2D eigenvalue weighted by atomic mass is 14.9. The summed E-state index contributed by atoms with van der Waals surface area (Å²) in [4.78, 5) is 0. The van der Waals surface area contributed by atoms with E-state index in [1.807, 2.05) is 0 Å². The van der Waals surface area contributed by atoms with E-state index in [4.69, 9.17) is 0 Å². The molecule has 0 aromatic heterocycles. The molecule has 1 heteroatoms. The van der Waals surface area contributed by atoms with Crippen molar-refractivity contribution >= 4 is 5.69 Å². The summed E-state index contributed by atoms with van der Waals surface area (Å²) in [7, 11) is 0. The lowest BCUT2D eigenvalue weighted by Gasteiger charge is -2.13. The molecule has 2 rings (SSSR count). The quantitative estimate of drug-likeness (QED) is 0.798. The minimum absolute atomic E-state index is 0.597. The minimum Gasteiger partial charge on any atom is -0.385 e. The molecule has 0 spiro atoms. The first-order valence-corrected chi connectivity index (χ1v) is 7.03. The van der Waals surface area contributed by atoms with Crippen molar-refractivity contribution in [2.75, 3.05) is 11.9 Å². The van der Waals surface area contributed by atoms with Crippen LogP contribution in [0.2, 0.25) is 0 Å². The highest BCUT2D eigenvalue weighted by Crippen LogP contribution is 2.19. The molecule has 0 saturated heterocycles. The third kappa shape index (κ3) is 3.85. The van der Waals surface area contributed by atoms with E-state index in [0.29, 0.717) is 5.92 Å². The number of benzene rings is 2. The molecule has 0 heterocycles. The van der Waals surface area contributed by atoms with E-state index in [1.54, 1.807) is 0 Å². The van der Waals surface area contributed by atoms with Crippen LogP contribution in [0.1, 0.15) is 36.0 Å². The molecule has 0 bridgehead atoms. The molecule has 2 aromatic rings. The Hall–Kier alpha value is -1.76. The molecule has 0 radical (unpaired) electrons. The first-order valence-electron chi connectivity index (χ1n) is 7.03. The van der Waals surface area contributed by atoms with Gasteiger partial charge in [0.05, 0.1) is 0 Å². The zero-order valence-corrected chi connectivity index (χ0v) is 12.1. The molecule has 0 aliphatic carbocycles. The first-order chi connectivity index (χ1) is 9.16. The van der Waals surface area contributed by atoms with Crippen LogP contribution < -0.4 is 5.32 Å². The predicted octanol–water partition coefficient (Wildman–Crippen LogP) is 4.91. The lowest BCUT2D eigenvalue weighted by molar-refractivity contribution is 0.706. The molecule has 1 unspecified atom stereocenters. The molecule has 0 aliphatic rings. The van der Waals surface area contributed by atoms with Crippen LogP contribution in [0.15, 0.2) is 48.5 Å². The fourth-order valence-electron chi connectivity index (χ4n) is 2.23. The van der Waals surface area contributed by atoms with Crippen LogP contribution in [-0.4, -0.2) is 6.54 Å². The van der Waals surface area contributed by atoms with Gasteiger partial charge in [-0.25, -0.2) is 0 Å². The Balaban J connectivity index is 1.85. The van der Waals surface area contributed by atoms with Crippen LogP contribution in [0.25, 0.3) is 0 Å². The second kappa shape index (κ2) is 6.42. The lowest BCUT2D eigenvalue weighted by Crippen LogP contribution is -2.06. The standard InChI is InChI=1S/C18H23N/c1-14-9-10-18(13-16(14)3)19-12-11-15(2)17-7-5-4-6-8-17/h4-10,13,15,19H,11-12H2,1-3H3. The fourth-order valence-corrected chi connectivity index (χ4v) is 2.23. The van der Waals surface area contributed by atoms with Crippen molar-refractivity contribution in [1.82, 2.24) is 0 Å². The van der Waals surface area contributed by atoms with Crippen LogP contribution in [-0.2, 0) is 0 Å². The van der Waals surface area contributed by atoms with Gasteiger partial charge in [-0.2, -0.15) is 0 Å². The summed E-state index contributed by atoms with van der Waals surface area (Å²) < 4.78 is 0. The number of hydrogen-bond acceptors (Lipinski definition) is 1. The van der Waals surface area contributed by atoms with Gasteiger partial charge in [0.2, 0.25) is 0 Å². The lowest BCUT2D eigenvalue weighted by atomic mass is 9.98. The molecule has 2 aromatic carbocycles. The van der Waals surface area contributed by atoms with Gasteiger partial charge in [0.15, 0.2) is 0 Å². The molecule has 1 atom stereocenters. The van der Waals surface area contributed by atoms with Crippen molar-refractivity contribution in [3.8, 4) is 0 Å². The van der Waals surface area contributed by atoms with Gasteiger partial charge in [-0.15, -0.1) is 0 Å². The fraction of sp³-hybridized carbons (Fsp3) is 0.333. The molecule has 0 fully saturated rings. The van der Waals surface area contributed by atoms with Crippen molar-refractivity contribution in [1.29, 1.82) is 0 Å². The maximum atomic E-state index is 3.51. The molecule has 1 nitrogen and oxygen atoms in total. The molecule has 1 N–H and O–H groups in total. The monoisotopic (exact) mass is 253 g/mol. The van der Waals surface area contributed by atoms with Crippen LogP contribution >= 0.6 is 0 Å². The number of nitrogens with one attached hydrogen (secondary N) is 1. The third-order valence-electron chi connectivity index (χ3n) is 3.78. The highest BCUT2D eigenvalue weighted by molar-refractivity contribution is 5.48. The summed E-state index contributed by atoms with van der Waals surface area (Å²) in [5.41, 5.74) is 5.34. The largest absolute Gasteiger partial charge is 0.385 e. The van der Waals surface area contributed by atoms with Gasteiger partial charge in [-0.05, 0) is 55.0 Å². The summed E-state index contributed by atoms with van der Waals surface area (Å²) >= 11 is 0. The molecule has 100 valence electrons. The zero-order chi connectivity index (χ0) is 13.7. The number of rotatable bonds is 5. The van der Waals surface area contributed by atoms with Crippen LogP contribution in [0.5, 0.6) is 0 Å². The Kier molecular flexibility index (Phi) is 4.62. The van der Waals surface area contributed by atoms with Crippen molar-refractivity contribution in [3.05, 3.63) is 65.2 Å². The molecule has 0 aliphatic heterocycles. The van der Waals surface area contributed by atoms with Gasteiger partial charge < -0.3 is 5.32 Å². The van der Waals surface area contributed by atoms with Gasteiger partial charge in [0, 0.05) is 12.2 Å². The van der Waals surface area contributed by atoms with Gasteiger partial charge in [0.1, 0.15) is 0 Å². The normalized spacial score (nSPS) is 12.2. The smallest absolute Gasteiger partial charge is 0.0343 e. The second-order valence-electron chi connectivity index (χ2n) is 5.33. The molecular weight excluding hydrogens is 230 g/mol. The Labute approximate surface area is 116 Å². The van der Waals surface area contributed by atoms with E-state index in [2.05, 4.69) is 74.6 Å². The van der Waals surface area contributed by atoms with E-state index in [0.717, 1.165) is 13.0 Å². The van der Waals surface area contributed by atoms with Crippen LogP contribution in [0, 0.1) is 13.8 Å². The number of anilines is 1. The average Bonchev–Trinajstić information content (AvgIpc) is 2.43. The van der Waals surface area contributed by atoms with Crippen LogP contribution in [0.3, 0.4) is 0 Å². The molecular formula is C18H23N. The first kappa shape index (κ1) is 13.7. The topological polar surface area (TPSA) is 12.0 Å². The summed E-state index contributed by atoms with van der Waals surface area (Å²) in [6, 6.07) is 17.3. The Morgan fingerprint density at radius 3 is 2.37 bits per heavy atom. The molecule has 0 amide bonds. The summed E-state index contributed by atoms with van der Waals surface area (Å²) in [5, 5.41) is 3.51. The number of hydrogen-bond donors (Lipinski definition) is 1. The average molecular weight is 253 g/mol. The Bertz CT molecular complexity index is 516. The van der Waals surface area contributed by atoms with Crippen molar-refractivity contribution in [2.45, 2.75) is 33.1 Å². The van der Waals surface area contributed by atoms with Crippen molar-refractivity contribution < 1.29 is 0 Å². The van der Waals surface area contributed by atoms with E-state index >= 15 is 0 Å². The second-order valence-corrected chi connectivity index (χ2v) is 5.33. The van der Waals surface area contributed by atoms with Gasteiger partial charge in [-0.1, -0.05) is 43.3 Å². The van der Waals surface area contributed by atoms with Gasteiger partial charge in [0.25, 0.3) is 0 Å². The zero-order valence-electron chi connectivity index (χ0n) is 12.1.